The Balaban J connectivity index is 0. The van der Waals surface area contributed by atoms with Crippen molar-refractivity contribution in [2.75, 3.05) is 33.9 Å². The van der Waals surface area contributed by atoms with Crippen LogP contribution in [0.5, 0.6) is 0 Å². The molecule has 0 fully saturated rings. The predicted octanol–water partition coefficient (Wildman–Crippen LogP) is 0.741. The number of hydrogen-bond donors (Lipinski definition) is 1. The van der Waals surface area contributed by atoms with Crippen LogP contribution in [0.4, 0.5) is 0 Å². The van der Waals surface area contributed by atoms with Crippen molar-refractivity contribution in [3.05, 3.63) is 24.3 Å². The van der Waals surface area contributed by atoms with Crippen molar-refractivity contribution in [3.8, 4) is 0 Å². The molecule has 0 heterocycles. The second-order valence-corrected chi connectivity index (χ2v) is 8.91. The molecule has 8 heteroatoms. The molecule has 0 aliphatic rings. The highest BCUT2D eigenvalue weighted by Crippen LogP contribution is 2.53. The molecule has 0 spiro atoms. The Bertz CT molecular complexity index is 495. The number of aliphatic hydroxyl groups excluding tert-OH is 1. The first-order valence-corrected chi connectivity index (χ1v) is 8.87. The van der Waals surface area contributed by atoms with Gasteiger partial charge in [-0.2, -0.15) is 0 Å². The van der Waals surface area contributed by atoms with Crippen LogP contribution in [0.15, 0.2) is 24.3 Å². The van der Waals surface area contributed by atoms with Gasteiger partial charge in [-0.25, -0.2) is 4.79 Å². The maximum absolute atomic E-state index is 12.6. The van der Waals surface area contributed by atoms with E-state index in [0.29, 0.717) is 0 Å². The Hall–Kier alpha value is -1.43. The van der Waals surface area contributed by atoms with Gasteiger partial charge >= 0.3 is 13.3 Å². The van der Waals surface area contributed by atoms with Crippen LogP contribution in [0.25, 0.3) is 0 Å². The molecular formula is C15H28NO6P. The predicted molar refractivity (Wildman–Crippen MR) is 87.8 cm³/mol. The van der Waals surface area contributed by atoms with Crippen molar-refractivity contribution in [1.82, 2.24) is 0 Å². The molecule has 2 unspecified atom stereocenters. The van der Waals surface area contributed by atoms with Gasteiger partial charge in [-0.05, 0) is 19.4 Å². The number of carbonyl (C=O) groups is 2. The van der Waals surface area contributed by atoms with E-state index in [-0.39, 0.29) is 28.4 Å². The minimum absolute atomic E-state index is 0.0648. The zero-order chi connectivity index (χ0) is 19.0. The van der Waals surface area contributed by atoms with Crippen molar-refractivity contribution >= 4 is 19.3 Å². The van der Waals surface area contributed by atoms with Crippen LogP contribution in [0.2, 0.25) is 0 Å². The Kier molecular flexibility index (Phi) is 10.0. The number of likely N-dealkylation sites (N-methyl/N-ethyl adjacent to an activating group) is 1. The van der Waals surface area contributed by atoms with Gasteiger partial charge < -0.3 is 24.0 Å². The van der Waals surface area contributed by atoms with Crippen molar-refractivity contribution in [1.29, 1.82) is 0 Å². The molecule has 23 heavy (non-hydrogen) atoms. The molecular weight excluding hydrogens is 321 g/mol. The minimum Gasteiger partial charge on any atom is -0.545 e. The van der Waals surface area contributed by atoms with Gasteiger partial charge in [0.2, 0.25) is 0 Å². The standard InChI is InChI=1S/C11H23NO4P.C4H6O2/c1-7-17(15,16-11(14)9(2)3)10(8-13)12(4,5)6;1-3(2)4(5)6/h10,13H,2,7-8H2,1,3-6H3;1H2,2H3,(H,5,6)/q+1;/p-1. The highest BCUT2D eigenvalue weighted by molar-refractivity contribution is 7.60. The molecule has 0 bridgehead atoms. The van der Waals surface area contributed by atoms with Gasteiger partial charge in [0.1, 0.15) is 6.61 Å². The fraction of sp³-hybridized carbons (Fsp3) is 0.600. The average molecular weight is 349 g/mol. The second-order valence-electron chi connectivity index (χ2n) is 6.05. The van der Waals surface area contributed by atoms with Gasteiger partial charge in [0, 0.05) is 11.7 Å². The molecule has 0 aliphatic heterocycles. The summed E-state index contributed by atoms with van der Waals surface area (Å²) in [6, 6.07) is 0. The first-order valence-electron chi connectivity index (χ1n) is 6.99. The van der Waals surface area contributed by atoms with Gasteiger partial charge in [-0.1, -0.05) is 20.1 Å². The molecule has 0 rings (SSSR count). The molecule has 0 aromatic heterocycles. The summed E-state index contributed by atoms with van der Waals surface area (Å²) in [7, 11) is 2.18. The van der Waals surface area contributed by atoms with Crippen molar-refractivity contribution < 1.29 is 33.4 Å². The summed E-state index contributed by atoms with van der Waals surface area (Å²) in [6.07, 6.45) is 0.201. The number of quaternary nitrogens is 1. The van der Waals surface area contributed by atoms with E-state index in [1.54, 1.807) is 28.1 Å². The topological polar surface area (TPSA) is 104 Å². The second kappa shape index (κ2) is 9.65. The number of rotatable bonds is 7. The van der Waals surface area contributed by atoms with Gasteiger partial charge in [-0.3, -0.25) is 4.57 Å². The summed E-state index contributed by atoms with van der Waals surface area (Å²) in [6.45, 7) is 10.8. The summed E-state index contributed by atoms with van der Waals surface area (Å²) >= 11 is 0. The SMILES string of the molecule is C=C(C)C(=O)OP(=O)(CC)C(CO)[N+](C)(C)C.C=C(C)C(=O)[O-]. The first-order chi connectivity index (χ1) is 10.2. The van der Waals surface area contributed by atoms with Crippen LogP contribution in [-0.2, 0) is 18.7 Å². The van der Waals surface area contributed by atoms with E-state index in [1.807, 2.05) is 0 Å². The zero-order valence-corrected chi connectivity index (χ0v) is 15.7. The maximum Gasteiger partial charge on any atom is 0.338 e. The van der Waals surface area contributed by atoms with E-state index in [2.05, 4.69) is 13.2 Å². The Morgan fingerprint density at radius 2 is 1.61 bits per heavy atom. The van der Waals surface area contributed by atoms with Gasteiger partial charge in [0.15, 0.2) is 5.78 Å². The summed E-state index contributed by atoms with van der Waals surface area (Å²) in [5, 5.41) is 18.9. The lowest BCUT2D eigenvalue weighted by molar-refractivity contribution is -0.883. The van der Waals surface area contributed by atoms with E-state index < -0.39 is 25.1 Å². The molecule has 0 aromatic carbocycles. The van der Waals surface area contributed by atoms with Gasteiger partial charge in [-0.15, -0.1) is 0 Å². The van der Waals surface area contributed by atoms with E-state index >= 15 is 0 Å². The summed E-state index contributed by atoms with van der Waals surface area (Å²) in [4.78, 5) is 21.0. The Morgan fingerprint density at radius 3 is 1.78 bits per heavy atom. The van der Waals surface area contributed by atoms with E-state index in [0.717, 1.165) is 0 Å². The zero-order valence-electron chi connectivity index (χ0n) is 14.8. The molecule has 0 aliphatic carbocycles. The summed E-state index contributed by atoms with van der Waals surface area (Å²) < 4.78 is 18.0. The molecule has 7 nitrogen and oxygen atoms in total. The number of hydrogen-bond acceptors (Lipinski definition) is 6. The van der Waals surface area contributed by atoms with Crippen LogP contribution in [0, 0.1) is 0 Å². The summed E-state index contributed by atoms with van der Waals surface area (Å²) in [5.74, 6) is -2.46. The number of nitrogens with zero attached hydrogens (tertiary/aromatic N) is 1. The Labute approximate surface area is 138 Å². The number of aliphatic carboxylic acids is 1. The minimum atomic E-state index is -3.23. The van der Waals surface area contributed by atoms with Crippen LogP contribution in [0.1, 0.15) is 20.8 Å². The first kappa shape index (κ1) is 23.8. The lowest BCUT2D eigenvalue weighted by atomic mass is 10.4. The van der Waals surface area contributed by atoms with Crippen LogP contribution < -0.4 is 5.11 Å². The van der Waals surface area contributed by atoms with E-state index in [4.69, 9.17) is 4.52 Å². The fourth-order valence-electron chi connectivity index (χ4n) is 1.45. The number of carboxylic acids is 1. The molecule has 0 saturated carbocycles. The van der Waals surface area contributed by atoms with Crippen LogP contribution >= 0.6 is 7.37 Å². The highest BCUT2D eigenvalue weighted by atomic mass is 31.2. The quantitative estimate of drug-likeness (QED) is 0.413. The molecule has 134 valence electrons. The maximum atomic E-state index is 12.6. The van der Waals surface area contributed by atoms with Crippen LogP contribution in [0.3, 0.4) is 0 Å². The fourth-order valence-corrected chi connectivity index (χ4v) is 3.86. The third kappa shape index (κ3) is 8.69. The average Bonchev–Trinajstić information content (AvgIpc) is 2.37. The van der Waals surface area contributed by atoms with Crippen molar-refractivity contribution in [2.45, 2.75) is 26.6 Å². The molecule has 0 radical (unpaired) electrons. The largest absolute Gasteiger partial charge is 0.545 e. The molecule has 0 amide bonds. The lowest BCUT2D eigenvalue weighted by Gasteiger charge is -2.36. The molecule has 0 aromatic rings. The summed E-state index contributed by atoms with van der Waals surface area (Å²) in [5.41, 5.74) is 0.270. The van der Waals surface area contributed by atoms with Crippen molar-refractivity contribution in [3.63, 3.8) is 0 Å². The number of carbonyl (C=O) groups excluding carboxylic acids is 2. The Morgan fingerprint density at radius 1 is 1.22 bits per heavy atom. The molecule has 0 saturated heterocycles. The van der Waals surface area contributed by atoms with Gasteiger partial charge in [0.25, 0.3) is 0 Å². The monoisotopic (exact) mass is 349 g/mol. The third-order valence-corrected chi connectivity index (χ3v) is 6.01. The molecule has 1 N–H and O–H groups in total. The highest BCUT2D eigenvalue weighted by Gasteiger charge is 2.44. The lowest BCUT2D eigenvalue weighted by Crippen LogP contribution is -2.47. The van der Waals surface area contributed by atoms with Crippen molar-refractivity contribution in [2.24, 2.45) is 0 Å². The number of aliphatic hydroxyl groups is 1. The third-order valence-electron chi connectivity index (χ3n) is 2.89. The van der Waals surface area contributed by atoms with Crippen LogP contribution in [-0.4, -0.2) is 61.2 Å². The normalized spacial score (nSPS) is 14.6. The number of carboxylic acid groups (broad SMARTS) is 1. The van der Waals surface area contributed by atoms with Gasteiger partial charge in [0.05, 0.1) is 27.1 Å². The smallest absolute Gasteiger partial charge is 0.338 e. The van der Waals surface area contributed by atoms with E-state index in [1.165, 1.54) is 13.8 Å². The molecule has 2 atom stereocenters. The van der Waals surface area contributed by atoms with E-state index in [9.17, 15) is 24.4 Å².